The van der Waals surface area contributed by atoms with Gasteiger partial charge in [-0.05, 0) is 97.1 Å². The van der Waals surface area contributed by atoms with E-state index in [2.05, 4.69) is 0 Å². The molecule has 0 saturated heterocycles. The molecule has 50 heavy (non-hydrogen) atoms. The normalized spacial score (nSPS) is 18.6. The van der Waals surface area contributed by atoms with Crippen molar-refractivity contribution >= 4 is 27.8 Å². The van der Waals surface area contributed by atoms with Crippen LogP contribution in [0.15, 0.2) is 188 Å². The van der Waals surface area contributed by atoms with Crippen LogP contribution in [0, 0.1) is 0 Å². The van der Waals surface area contributed by atoms with Gasteiger partial charge in [-0.1, -0.05) is 165 Å². The SMILES string of the molecule is [2H]c1cc([2H])c(-c2ccc3c(c2[2H])C(C)(C)c2c([2H])c([2H])c([2H])c4cc([2H])c(N(c5cc([2H])c(-c6cc([2H])c([2H])cc6[2H])c([2H])c5[2H])c5cc([2H])c(-c6c([2H])cc([2H])c([2H])c6[2H])c([2H])c5[2H])c-3c24)c([2H])c1. The Kier molecular flexibility index (Phi) is 3.65. The van der Waals surface area contributed by atoms with Crippen LogP contribution in [0.5, 0.6) is 0 Å². The van der Waals surface area contributed by atoms with Gasteiger partial charge in [0, 0.05) is 22.4 Å². The highest BCUT2D eigenvalue weighted by Gasteiger charge is 2.36. The highest BCUT2D eigenvalue weighted by molar-refractivity contribution is 6.10. The van der Waals surface area contributed by atoms with E-state index in [1.807, 2.05) is 0 Å². The van der Waals surface area contributed by atoms with Gasteiger partial charge in [0.1, 0.15) is 0 Å². The third kappa shape index (κ3) is 5.02. The summed E-state index contributed by atoms with van der Waals surface area (Å²) in [6.45, 7) is 3.39. The highest BCUT2D eigenvalue weighted by atomic mass is 15.1. The second kappa shape index (κ2) is 12.1. The fraction of sp³-hybridized carbons (Fsp3) is 0.0612. The second-order valence-electron chi connectivity index (χ2n) is 12.1. The summed E-state index contributed by atoms with van der Waals surface area (Å²) in [5, 5.41) is 0.174. The number of rotatable bonds is 6. The summed E-state index contributed by atoms with van der Waals surface area (Å²) in [5.74, 6) is 0. The maximum Gasteiger partial charge on any atom is 0.0645 e. The molecule has 9 rings (SSSR count). The Bertz CT molecular complexity index is 3690. The molecule has 1 heteroatoms. The first kappa shape index (κ1) is 15.2. The van der Waals surface area contributed by atoms with Crippen LogP contribution >= 0.6 is 0 Å². The van der Waals surface area contributed by atoms with Crippen LogP contribution in [0.4, 0.5) is 17.1 Å². The van der Waals surface area contributed by atoms with Gasteiger partial charge in [0.2, 0.25) is 0 Å². The molecule has 0 aromatic heterocycles. The quantitative estimate of drug-likeness (QED) is 0.172. The minimum Gasteiger partial charge on any atom is -0.310 e. The van der Waals surface area contributed by atoms with Crippen LogP contribution < -0.4 is 4.90 Å². The fourth-order valence-corrected chi connectivity index (χ4v) is 6.40. The number of hydrogen-bond donors (Lipinski definition) is 0. The van der Waals surface area contributed by atoms with Crippen molar-refractivity contribution in [2.45, 2.75) is 19.3 Å². The van der Waals surface area contributed by atoms with E-state index in [1.54, 1.807) is 19.9 Å². The largest absolute Gasteiger partial charge is 0.310 e. The summed E-state index contributed by atoms with van der Waals surface area (Å²) in [4.78, 5) is 1.10. The second-order valence-corrected chi connectivity index (χ2v) is 12.1. The molecule has 238 valence electrons. The minimum absolute atomic E-state index is 0.00532. The zero-order valence-electron chi connectivity index (χ0n) is 47.7. The molecular weight excluding hydrogens is 603 g/mol. The van der Waals surface area contributed by atoms with E-state index in [0.29, 0.717) is 0 Å². The van der Waals surface area contributed by atoms with Gasteiger partial charge < -0.3 is 4.90 Å². The summed E-state index contributed by atoms with van der Waals surface area (Å²) < 4.78 is 188. The van der Waals surface area contributed by atoms with Crippen LogP contribution in [0.3, 0.4) is 0 Å². The fourth-order valence-electron chi connectivity index (χ4n) is 6.40. The predicted octanol–water partition coefficient (Wildman–Crippen LogP) is 13.6. The maximum absolute atomic E-state index is 9.86. The van der Waals surface area contributed by atoms with Gasteiger partial charge in [-0.3, -0.25) is 0 Å². The summed E-state index contributed by atoms with van der Waals surface area (Å²) in [7, 11) is 0. The van der Waals surface area contributed by atoms with Crippen molar-refractivity contribution in [3.63, 3.8) is 0 Å². The zero-order valence-corrected chi connectivity index (χ0v) is 26.7. The first-order valence-electron chi connectivity index (χ1n) is 26.2. The van der Waals surface area contributed by atoms with Crippen molar-refractivity contribution in [1.29, 1.82) is 0 Å². The lowest BCUT2D eigenvalue weighted by Crippen LogP contribution is -2.24. The number of anilines is 3. The van der Waals surface area contributed by atoms with Gasteiger partial charge in [0.25, 0.3) is 0 Å². The molecule has 1 nitrogen and oxygen atoms in total. The molecule has 1 aliphatic carbocycles. The molecule has 0 atom stereocenters. The summed E-state index contributed by atoms with van der Waals surface area (Å²) in [6.07, 6.45) is 0. The number of fused-ring (bicyclic) bond motifs is 2. The average molecular weight is 661 g/mol. The molecule has 0 fully saturated rings. The van der Waals surface area contributed by atoms with Gasteiger partial charge in [-0.25, -0.2) is 0 Å². The van der Waals surface area contributed by atoms with Gasteiger partial charge in [0.05, 0.1) is 34.5 Å². The zero-order chi connectivity index (χ0) is 51.9. The maximum atomic E-state index is 9.86. The monoisotopic (exact) mass is 660 g/mol. The van der Waals surface area contributed by atoms with Gasteiger partial charge in [-0.2, -0.15) is 0 Å². The molecule has 0 bridgehead atoms. The molecule has 0 heterocycles. The molecule has 8 aromatic rings. The van der Waals surface area contributed by atoms with E-state index < -0.39 is 107 Å². The predicted molar refractivity (Wildman–Crippen MR) is 213 cm³/mol. The lowest BCUT2D eigenvalue weighted by molar-refractivity contribution is 0.645. The molecule has 0 spiro atoms. The van der Waals surface area contributed by atoms with E-state index in [0.717, 1.165) is 35.2 Å². The number of benzene rings is 8. The Morgan fingerprint density at radius 1 is 0.460 bits per heavy atom. The molecule has 0 radical (unpaired) electrons. The van der Waals surface area contributed by atoms with Crippen molar-refractivity contribution in [1.82, 2.24) is 0 Å². The highest BCUT2D eigenvalue weighted by Crippen LogP contribution is 2.54. The molecule has 0 unspecified atom stereocenters. The van der Waals surface area contributed by atoms with Crippen molar-refractivity contribution < 1.29 is 28.8 Å². The average Bonchev–Trinajstić information content (AvgIpc) is 3.28. The minimum atomic E-state index is -1.37. The lowest BCUT2D eigenvalue weighted by Gasteiger charge is -2.38. The first-order chi connectivity index (χ1) is 33.2. The molecule has 0 saturated carbocycles. The third-order valence-corrected chi connectivity index (χ3v) is 8.79. The van der Waals surface area contributed by atoms with Crippen LogP contribution in [0.2, 0.25) is 0 Å². The van der Waals surface area contributed by atoms with Gasteiger partial charge in [0.15, 0.2) is 0 Å². The number of hydrogen-bond acceptors (Lipinski definition) is 1. The molecular formula is C49H37N. The van der Waals surface area contributed by atoms with Crippen LogP contribution in [0.1, 0.15) is 53.8 Å². The summed E-state index contributed by atoms with van der Waals surface area (Å²) >= 11 is 0. The molecule has 1 aliphatic rings. The van der Waals surface area contributed by atoms with Crippen LogP contribution in [0.25, 0.3) is 55.3 Å². The van der Waals surface area contributed by atoms with Crippen molar-refractivity contribution in [2.75, 3.05) is 4.90 Å². The van der Waals surface area contributed by atoms with Crippen LogP contribution in [-0.4, -0.2) is 0 Å². The third-order valence-electron chi connectivity index (χ3n) is 8.79. The Morgan fingerprint density at radius 3 is 1.90 bits per heavy atom. The van der Waals surface area contributed by atoms with Crippen molar-refractivity contribution in [3.8, 4) is 44.5 Å². The van der Waals surface area contributed by atoms with Gasteiger partial charge >= 0.3 is 0 Å². The lowest BCUT2D eigenvalue weighted by atomic mass is 9.67. The number of nitrogens with zero attached hydrogens (tertiary/aromatic N) is 1. The molecule has 0 amide bonds. The Hall–Kier alpha value is -6.18. The van der Waals surface area contributed by atoms with E-state index in [9.17, 15) is 12.3 Å². The van der Waals surface area contributed by atoms with Crippen LogP contribution in [-0.2, 0) is 5.41 Å². The smallest absolute Gasteiger partial charge is 0.0645 e. The molecule has 0 N–H and O–H groups in total. The summed E-state index contributed by atoms with van der Waals surface area (Å²) in [6, 6.07) is 2.39. The summed E-state index contributed by atoms with van der Waals surface area (Å²) in [5.41, 5.74) is -3.04. The van der Waals surface area contributed by atoms with Gasteiger partial charge in [-0.15, -0.1) is 0 Å². The Balaban J connectivity index is 1.47. The topological polar surface area (TPSA) is 3.24 Å². The van der Waals surface area contributed by atoms with E-state index in [1.165, 1.54) is 24.3 Å². The van der Waals surface area contributed by atoms with E-state index in [4.69, 9.17) is 16.4 Å². The molecule has 8 aromatic carbocycles. The Labute approximate surface area is 324 Å². The standard InChI is InChI=1S/C49H37N/c1-49(2)44-20-12-19-39-26-32-46(48(47(39)44)43-31-25-40(33-45(43)49)36-17-10-5-11-18-36)50(41-27-21-37(22-28-41)34-13-6-3-7-14-34)42-29-23-38(24-30-42)35-15-8-4-9-16-35/h3-33H,1-2H3/i3D,4D,5D,6D,8D,12D,13D,14D,16D,17D,18D,19D,20D,21D,22D,23D,24D,27D,29D,32D,33D. The Morgan fingerprint density at radius 2 is 1.12 bits per heavy atom. The van der Waals surface area contributed by atoms with E-state index >= 15 is 0 Å². The van der Waals surface area contributed by atoms with Crippen molar-refractivity contribution in [2.24, 2.45) is 0 Å². The first-order valence-corrected chi connectivity index (χ1v) is 15.7. The van der Waals surface area contributed by atoms with Crippen molar-refractivity contribution in [3.05, 3.63) is 199 Å². The van der Waals surface area contributed by atoms with E-state index in [-0.39, 0.29) is 109 Å². The molecule has 0 aliphatic heterocycles.